The third-order valence-corrected chi connectivity index (χ3v) is 4.54. The zero-order valence-corrected chi connectivity index (χ0v) is 13.3. The van der Waals surface area contributed by atoms with E-state index in [-0.39, 0.29) is 11.2 Å². The summed E-state index contributed by atoms with van der Waals surface area (Å²) in [5.41, 5.74) is 2.22. The number of amides is 1. The van der Waals surface area contributed by atoms with Gasteiger partial charge in [-0.2, -0.15) is 0 Å². The number of anilines is 1. The van der Waals surface area contributed by atoms with Crippen LogP contribution in [0.3, 0.4) is 0 Å². The first kappa shape index (κ1) is 15.6. The van der Waals surface area contributed by atoms with Gasteiger partial charge in [-0.1, -0.05) is 48.5 Å². The normalized spacial score (nSPS) is 11.9. The first-order chi connectivity index (χ1) is 10.2. The lowest BCUT2D eigenvalue weighted by atomic mass is 10.2. The van der Waals surface area contributed by atoms with Crippen molar-refractivity contribution in [2.24, 2.45) is 0 Å². The van der Waals surface area contributed by atoms with Gasteiger partial charge in [-0.05, 0) is 31.5 Å². The van der Waals surface area contributed by atoms with E-state index in [4.69, 9.17) is 0 Å². The molecule has 0 aliphatic rings. The monoisotopic (exact) mass is 299 g/mol. The van der Waals surface area contributed by atoms with Crippen molar-refractivity contribution in [2.75, 3.05) is 11.4 Å². The highest BCUT2D eigenvalue weighted by Crippen LogP contribution is 2.22. The third kappa shape index (κ3) is 4.36. The van der Waals surface area contributed by atoms with Crippen LogP contribution in [0, 0.1) is 0 Å². The fourth-order valence-corrected chi connectivity index (χ4v) is 3.06. The predicted molar refractivity (Wildman–Crippen MR) is 91.7 cm³/mol. The summed E-state index contributed by atoms with van der Waals surface area (Å²) in [5, 5.41) is -0.0506. The Morgan fingerprint density at radius 3 is 2.19 bits per heavy atom. The Morgan fingerprint density at radius 2 is 1.62 bits per heavy atom. The second kappa shape index (κ2) is 7.89. The van der Waals surface area contributed by atoms with Crippen LogP contribution >= 0.6 is 11.8 Å². The van der Waals surface area contributed by atoms with Crippen LogP contribution in [0.1, 0.15) is 19.4 Å². The van der Waals surface area contributed by atoms with Crippen LogP contribution in [0.15, 0.2) is 60.7 Å². The summed E-state index contributed by atoms with van der Waals surface area (Å²) in [6.07, 6.45) is 0. The molecule has 2 aromatic rings. The smallest absolute Gasteiger partial charge is 0.239 e. The molecule has 0 saturated heterocycles. The Morgan fingerprint density at radius 1 is 1.05 bits per heavy atom. The van der Waals surface area contributed by atoms with Crippen molar-refractivity contribution < 1.29 is 4.79 Å². The molecule has 0 radical (unpaired) electrons. The maximum Gasteiger partial charge on any atom is 0.239 e. The average Bonchev–Trinajstić information content (AvgIpc) is 2.55. The number of carbonyl (C=O) groups is 1. The van der Waals surface area contributed by atoms with Gasteiger partial charge in [0.15, 0.2) is 0 Å². The van der Waals surface area contributed by atoms with Crippen molar-refractivity contribution in [3.05, 3.63) is 66.2 Å². The van der Waals surface area contributed by atoms with Gasteiger partial charge in [0.1, 0.15) is 0 Å². The van der Waals surface area contributed by atoms with Crippen LogP contribution < -0.4 is 4.90 Å². The fourth-order valence-electron chi connectivity index (χ4n) is 2.16. The Balaban J connectivity index is 1.97. The molecule has 1 amide bonds. The number of hydrogen-bond acceptors (Lipinski definition) is 2. The SMILES string of the molecule is CCN(C(=O)C(C)SCc1ccccc1)c1ccccc1. The minimum atomic E-state index is -0.0506. The maximum absolute atomic E-state index is 12.6. The lowest BCUT2D eigenvalue weighted by molar-refractivity contribution is -0.117. The summed E-state index contributed by atoms with van der Waals surface area (Å²) >= 11 is 1.68. The van der Waals surface area contributed by atoms with Crippen molar-refractivity contribution in [2.45, 2.75) is 24.9 Å². The Hall–Kier alpha value is -1.74. The molecule has 110 valence electrons. The molecule has 1 unspecified atom stereocenters. The molecule has 1 atom stereocenters. The number of hydrogen-bond donors (Lipinski definition) is 0. The second-order valence-electron chi connectivity index (χ2n) is 4.86. The summed E-state index contributed by atoms with van der Waals surface area (Å²) < 4.78 is 0. The quantitative estimate of drug-likeness (QED) is 0.790. The first-order valence-corrected chi connectivity index (χ1v) is 8.29. The van der Waals surface area contributed by atoms with E-state index in [1.807, 2.05) is 67.3 Å². The minimum absolute atomic E-state index is 0.0506. The van der Waals surface area contributed by atoms with E-state index >= 15 is 0 Å². The molecular formula is C18H21NOS. The average molecular weight is 299 g/mol. The highest BCUT2D eigenvalue weighted by molar-refractivity contribution is 7.99. The Bertz CT molecular complexity index is 556. The van der Waals surface area contributed by atoms with Gasteiger partial charge in [0, 0.05) is 18.0 Å². The van der Waals surface area contributed by atoms with E-state index in [0.717, 1.165) is 11.4 Å². The number of nitrogens with zero attached hydrogens (tertiary/aromatic N) is 1. The number of benzene rings is 2. The van der Waals surface area contributed by atoms with Gasteiger partial charge in [0.05, 0.1) is 5.25 Å². The van der Waals surface area contributed by atoms with Crippen molar-refractivity contribution in [3.63, 3.8) is 0 Å². The molecule has 0 bridgehead atoms. The zero-order chi connectivity index (χ0) is 15.1. The summed E-state index contributed by atoms with van der Waals surface area (Å²) in [6.45, 7) is 4.69. The van der Waals surface area contributed by atoms with Crippen LogP contribution in [0.25, 0.3) is 0 Å². The van der Waals surface area contributed by atoms with Gasteiger partial charge in [-0.3, -0.25) is 4.79 Å². The highest BCUT2D eigenvalue weighted by Gasteiger charge is 2.20. The lowest BCUT2D eigenvalue weighted by Gasteiger charge is -2.24. The molecule has 3 heteroatoms. The molecule has 0 aromatic heterocycles. The number of rotatable bonds is 6. The first-order valence-electron chi connectivity index (χ1n) is 7.24. The van der Waals surface area contributed by atoms with Crippen LogP contribution in [0.2, 0.25) is 0 Å². The van der Waals surface area contributed by atoms with E-state index < -0.39 is 0 Å². The molecule has 0 heterocycles. The maximum atomic E-state index is 12.6. The van der Waals surface area contributed by atoms with Crippen molar-refractivity contribution in [1.29, 1.82) is 0 Å². The summed E-state index contributed by atoms with van der Waals surface area (Å²) in [5.74, 6) is 1.03. The number of carbonyl (C=O) groups excluding carboxylic acids is 1. The summed E-state index contributed by atoms with van der Waals surface area (Å²) in [4.78, 5) is 14.5. The molecule has 2 aromatic carbocycles. The van der Waals surface area contributed by atoms with Gasteiger partial charge < -0.3 is 4.90 Å². The topological polar surface area (TPSA) is 20.3 Å². The van der Waals surface area contributed by atoms with E-state index in [0.29, 0.717) is 6.54 Å². The van der Waals surface area contributed by atoms with E-state index in [1.165, 1.54) is 5.56 Å². The van der Waals surface area contributed by atoms with E-state index in [1.54, 1.807) is 11.8 Å². The van der Waals surface area contributed by atoms with Crippen molar-refractivity contribution in [3.8, 4) is 0 Å². The predicted octanol–water partition coefficient (Wildman–Crippen LogP) is 4.36. The van der Waals surface area contributed by atoms with Crippen LogP contribution in [0.4, 0.5) is 5.69 Å². The largest absolute Gasteiger partial charge is 0.312 e. The van der Waals surface area contributed by atoms with Gasteiger partial charge in [-0.25, -0.2) is 0 Å². The molecule has 0 saturated carbocycles. The van der Waals surface area contributed by atoms with Crippen LogP contribution in [-0.4, -0.2) is 17.7 Å². The minimum Gasteiger partial charge on any atom is -0.312 e. The van der Waals surface area contributed by atoms with E-state index in [2.05, 4.69) is 12.1 Å². The van der Waals surface area contributed by atoms with Gasteiger partial charge in [0.25, 0.3) is 0 Å². The number of thioether (sulfide) groups is 1. The van der Waals surface area contributed by atoms with Gasteiger partial charge in [0.2, 0.25) is 5.91 Å². The molecule has 0 aliphatic carbocycles. The molecule has 2 nitrogen and oxygen atoms in total. The fraction of sp³-hybridized carbons (Fsp3) is 0.278. The molecule has 2 rings (SSSR count). The Labute approximate surface area is 131 Å². The Kier molecular flexibility index (Phi) is 5.88. The third-order valence-electron chi connectivity index (χ3n) is 3.34. The van der Waals surface area contributed by atoms with Gasteiger partial charge in [-0.15, -0.1) is 11.8 Å². The summed E-state index contributed by atoms with van der Waals surface area (Å²) in [6, 6.07) is 20.1. The molecular weight excluding hydrogens is 278 g/mol. The molecule has 0 spiro atoms. The van der Waals surface area contributed by atoms with Crippen LogP contribution in [0.5, 0.6) is 0 Å². The lowest BCUT2D eigenvalue weighted by Crippen LogP contribution is -2.36. The molecule has 0 N–H and O–H groups in total. The second-order valence-corrected chi connectivity index (χ2v) is 6.19. The standard InChI is InChI=1S/C18H21NOS/c1-3-19(17-12-8-5-9-13-17)18(20)15(2)21-14-16-10-6-4-7-11-16/h4-13,15H,3,14H2,1-2H3. The summed E-state index contributed by atoms with van der Waals surface area (Å²) in [7, 11) is 0. The highest BCUT2D eigenvalue weighted by atomic mass is 32.2. The zero-order valence-electron chi connectivity index (χ0n) is 12.5. The molecule has 21 heavy (non-hydrogen) atoms. The van der Waals surface area contributed by atoms with E-state index in [9.17, 15) is 4.79 Å². The van der Waals surface area contributed by atoms with Gasteiger partial charge >= 0.3 is 0 Å². The van der Waals surface area contributed by atoms with Crippen molar-refractivity contribution in [1.82, 2.24) is 0 Å². The molecule has 0 fully saturated rings. The van der Waals surface area contributed by atoms with Crippen LogP contribution in [-0.2, 0) is 10.5 Å². The molecule has 0 aliphatic heterocycles. The van der Waals surface area contributed by atoms with Crippen molar-refractivity contribution >= 4 is 23.4 Å². The number of para-hydroxylation sites is 1.